The van der Waals surface area contributed by atoms with Gasteiger partial charge in [-0.15, -0.1) is 0 Å². The molecule has 4 rings (SSSR count). The van der Waals surface area contributed by atoms with E-state index < -0.39 is 0 Å². The third kappa shape index (κ3) is 3.49. The predicted octanol–water partition coefficient (Wildman–Crippen LogP) is 4.88. The van der Waals surface area contributed by atoms with Gasteiger partial charge in [0.25, 0.3) is 0 Å². The van der Waals surface area contributed by atoms with Crippen LogP contribution < -0.4 is 0 Å². The fourth-order valence-corrected chi connectivity index (χ4v) is 4.46. The maximum atomic E-state index is 12.6. The van der Waals surface area contributed by atoms with Crippen LogP contribution in [0.2, 0.25) is 0 Å². The summed E-state index contributed by atoms with van der Waals surface area (Å²) in [6.45, 7) is 1.82. The number of para-hydroxylation sites is 1. The summed E-state index contributed by atoms with van der Waals surface area (Å²) in [5.41, 5.74) is 0.992. The van der Waals surface area contributed by atoms with E-state index in [4.69, 9.17) is 4.98 Å². The Morgan fingerprint density at radius 2 is 1.52 bits per heavy atom. The lowest BCUT2D eigenvalue weighted by Gasteiger charge is -2.20. The first-order valence-electron chi connectivity index (χ1n) is 9.01. The number of benzene rings is 2. The molecular weight excluding hydrogens is 328 g/mol. The number of likely N-dealkylation sites (tertiary alicyclic amines) is 1. The zero-order valence-electron chi connectivity index (χ0n) is 14.3. The molecule has 1 amide bonds. The van der Waals surface area contributed by atoms with E-state index in [0.717, 1.165) is 41.9 Å². The topological polar surface area (TPSA) is 33.2 Å². The van der Waals surface area contributed by atoms with E-state index in [1.807, 2.05) is 29.2 Å². The smallest absolute Gasteiger partial charge is 0.232 e. The van der Waals surface area contributed by atoms with Crippen molar-refractivity contribution in [2.75, 3.05) is 18.8 Å². The molecule has 4 heteroatoms. The van der Waals surface area contributed by atoms with Gasteiger partial charge in [-0.05, 0) is 24.3 Å². The maximum absolute atomic E-state index is 12.6. The molecule has 2 heterocycles. The molecule has 0 aliphatic carbocycles. The fraction of sp³-hybridized carbons (Fsp3) is 0.333. The molecule has 3 nitrogen and oxygen atoms in total. The van der Waals surface area contributed by atoms with E-state index in [1.54, 1.807) is 11.8 Å². The SMILES string of the molecule is O=C(CSc1nc2ccccc2c2ccccc12)N1CCCCCC1. The van der Waals surface area contributed by atoms with Crippen LogP contribution in [0.1, 0.15) is 25.7 Å². The molecule has 1 aromatic heterocycles. The van der Waals surface area contributed by atoms with E-state index in [1.165, 1.54) is 23.6 Å². The number of amides is 1. The highest BCUT2D eigenvalue weighted by atomic mass is 32.2. The number of thioether (sulfide) groups is 1. The van der Waals surface area contributed by atoms with E-state index >= 15 is 0 Å². The minimum absolute atomic E-state index is 0.242. The molecule has 1 fully saturated rings. The molecule has 0 bridgehead atoms. The molecule has 2 aromatic carbocycles. The second-order valence-corrected chi connectivity index (χ2v) is 7.53. The zero-order chi connectivity index (χ0) is 17.1. The van der Waals surface area contributed by atoms with Gasteiger partial charge in [0.1, 0.15) is 5.03 Å². The molecule has 0 saturated carbocycles. The lowest BCUT2D eigenvalue weighted by Crippen LogP contribution is -2.33. The van der Waals surface area contributed by atoms with Crippen molar-refractivity contribution in [3.8, 4) is 0 Å². The number of carbonyl (C=O) groups excluding carboxylic acids is 1. The molecule has 128 valence electrons. The van der Waals surface area contributed by atoms with Crippen LogP contribution in [-0.2, 0) is 4.79 Å². The number of aromatic nitrogens is 1. The van der Waals surface area contributed by atoms with Crippen LogP contribution in [0, 0.1) is 0 Å². The lowest BCUT2D eigenvalue weighted by atomic mass is 10.1. The number of rotatable bonds is 3. The summed E-state index contributed by atoms with van der Waals surface area (Å²) in [6.07, 6.45) is 4.75. The van der Waals surface area contributed by atoms with Gasteiger partial charge >= 0.3 is 0 Å². The highest BCUT2D eigenvalue weighted by molar-refractivity contribution is 8.00. The Kier molecular flexibility index (Phi) is 4.88. The lowest BCUT2D eigenvalue weighted by molar-refractivity contribution is -0.128. The van der Waals surface area contributed by atoms with E-state index in [2.05, 4.69) is 24.3 Å². The summed E-state index contributed by atoms with van der Waals surface area (Å²) in [5, 5.41) is 4.46. The Hall–Kier alpha value is -2.07. The number of fused-ring (bicyclic) bond motifs is 3. The van der Waals surface area contributed by atoms with Gasteiger partial charge in [0.2, 0.25) is 5.91 Å². The van der Waals surface area contributed by atoms with Crippen LogP contribution in [0.5, 0.6) is 0 Å². The number of pyridine rings is 1. The Morgan fingerprint density at radius 3 is 2.28 bits per heavy atom. The van der Waals surface area contributed by atoms with E-state index in [0.29, 0.717) is 5.75 Å². The van der Waals surface area contributed by atoms with E-state index in [-0.39, 0.29) is 5.91 Å². The van der Waals surface area contributed by atoms with Crippen molar-refractivity contribution in [1.82, 2.24) is 9.88 Å². The van der Waals surface area contributed by atoms with Crippen molar-refractivity contribution in [2.24, 2.45) is 0 Å². The second-order valence-electron chi connectivity index (χ2n) is 6.56. The average Bonchev–Trinajstić information content (AvgIpc) is 2.95. The summed E-state index contributed by atoms with van der Waals surface area (Å²) in [6, 6.07) is 16.6. The van der Waals surface area contributed by atoms with Gasteiger partial charge in [-0.3, -0.25) is 4.79 Å². The minimum Gasteiger partial charge on any atom is -0.342 e. The first-order chi connectivity index (χ1) is 12.3. The third-order valence-corrected chi connectivity index (χ3v) is 5.84. The Labute approximate surface area is 152 Å². The van der Waals surface area contributed by atoms with E-state index in [9.17, 15) is 4.79 Å². The molecule has 1 aliphatic rings. The number of hydrogen-bond acceptors (Lipinski definition) is 3. The normalized spacial score (nSPS) is 15.4. The monoisotopic (exact) mass is 350 g/mol. The second kappa shape index (κ2) is 7.44. The summed E-state index contributed by atoms with van der Waals surface area (Å²) < 4.78 is 0. The third-order valence-electron chi connectivity index (χ3n) is 4.86. The summed E-state index contributed by atoms with van der Waals surface area (Å²) >= 11 is 1.57. The van der Waals surface area contributed by atoms with Gasteiger partial charge in [-0.2, -0.15) is 0 Å². The Morgan fingerprint density at radius 1 is 0.880 bits per heavy atom. The molecule has 1 aliphatic heterocycles. The first kappa shape index (κ1) is 16.4. The van der Waals surface area contributed by atoms with Crippen LogP contribution in [0.4, 0.5) is 0 Å². The van der Waals surface area contributed by atoms with Gasteiger partial charge in [-0.25, -0.2) is 4.98 Å². The standard InChI is InChI=1S/C21H22N2OS/c24-20(23-13-7-1-2-8-14-23)15-25-21-18-11-4-3-9-16(18)17-10-5-6-12-19(17)22-21/h3-6,9-12H,1-2,7-8,13-15H2. The minimum atomic E-state index is 0.242. The zero-order valence-corrected chi connectivity index (χ0v) is 15.1. The van der Waals surface area contributed by atoms with Crippen molar-refractivity contribution in [1.29, 1.82) is 0 Å². The highest BCUT2D eigenvalue weighted by Gasteiger charge is 2.17. The number of nitrogens with zero attached hydrogens (tertiary/aromatic N) is 2. The maximum Gasteiger partial charge on any atom is 0.232 e. The molecule has 0 atom stereocenters. The summed E-state index contributed by atoms with van der Waals surface area (Å²) in [4.78, 5) is 19.5. The van der Waals surface area contributed by atoms with Crippen molar-refractivity contribution < 1.29 is 4.79 Å². The highest BCUT2D eigenvalue weighted by Crippen LogP contribution is 2.31. The molecule has 0 radical (unpaired) electrons. The molecular formula is C21H22N2OS. The van der Waals surface area contributed by atoms with Gasteiger partial charge in [-0.1, -0.05) is 67.1 Å². The fourth-order valence-electron chi connectivity index (χ4n) is 3.52. The van der Waals surface area contributed by atoms with Crippen LogP contribution in [-0.4, -0.2) is 34.6 Å². The van der Waals surface area contributed by atoms with Crippen LogP contribution in [0.15, 0.2) is 53.6 Å². The van der Waals surface area contributed by atoms with Gasteiger partial charge in [0.05, 0.1) is 11.3 Å². The number of carbonyl (C=O) groups is 1. The van der Waals surface area contributed by atoms with Gasteiger partial charge < -0.3 is 4.90 Å². The molecule has 1 saturated heterocycles. The predicted molar refractivity (Wildman–Crippen MR) is 105 cm³/mol. The van der Waals surface area contributed by atoms with Crippen LogP contribution >= 0.6 is 11.8 Å². The van der Waals surface area contributed by atoms with Crippen molar-refractivity contribution >= 4 is 39.3 Å². The average molecular weight is 350 g/mol. The largest absolute Gasteiger partial charge is 0.342 e. The molecule has 0 unspecified atom stereocenters. The molecule has 3 aromatic rings. The van der Waals surface area contributed by atoms with Crippen molar-refractivity contribution in [3.05, 3.63) is 48.5 Å². The summed E-state index contributed by atoms with van der Waals surface area (Å²) in [5.74, 6) is 0.709. The quantitative estimate of drug-likeness (QED) is 0.498. The van der Waals surface area contributed by atoms with Gasteiger partial charge in [0.15, 0.2) is 0 Å². The molecule has 0 N–H and O–H groups in total. The molecule has 25 heavy (non-hydrogen) atoms. The summed E-state index contributed by atoms with van der Waals surface area (Å²) in [7, 11) is 0. The Bertz CT molecular complexity index is 901. The van der Waals surface area contributed by atoms with Crippen molar-refractivity contribution in [2.45, 2.75) is 30.7 Å². The number of hydrogen-bond donors (Lipinski definition) is 0. The van der Waals surface area contributed by atoms with Gasteiger partial charge in [0, 0.05) is 23.9 Å². The Balaban J connectivity index is 1.61. The molecule has 0 spiro atoms. The van der Waals surface area contributed by atoms with Crippen LogP contribution in [0.3, 0.4) is 0 Å². The van der Waals surface area contributed by atoms with Crippen molar-refractivity contribution in [3.63, 3.8) is 0 Å². The van der Waals surface area contributed by atoms with Crippen LogP contribution in [0.25, 0.3) is 21.7 Å². The first-order valence-corrected chi connectivity index (χ1v) is 9.99.